The summed E-state index contributed by atoms with van der Waals surface area (Å²) in [5.41, 5.74) is 1.41. The van der Waals surface area contributed by atoms with Gasteiger partial charge in [0.1, 0.15) is 0 Å². The SMILES string of the molecule is CC(C)CC[C@H](C(C)C)N1C(=O)[C@@](C)(CC(=O)O)C[C@H](c2cccc(Cl)c2)C1c1ccc(Cl)cc1.CC(C)[C@@H](CS(=O)(=O)C(C)C)N1C(=O)[C@@](C)(CC(=O)O)C[C@H](c2cccc(Cl)c2)C1c1ccc(Cl)cc1. The van der Waals surface area contributed by atoms with Gasteiger partial charge in [0.25, 0.3) is 0 Å². The topological polar surface area (TPSA) is 149 Å². The van der Waals surface area contributed by atoms with E-state index in [-0.39, 0.29) is 72.6 Å². The number of halogens is 4. The third-order valence-corrected chi connectivity index (χ3v) is 17.9. The molecule has 2 saturated heterocycles. The number of amides is 2. The molecular weight excluding hydrogens is 1010 g/mol. The Kier molecular flexibility index (Phi) is 20.0. The lowest BCUT2D eigenvalue weighted by Gasteiger charge is -2.53. The first kappa shape index (κ1) is 58.8. The van der Waals surface area contributed by atoms with Crippen LogP contribution in [0.25, 0.3) is 0 Å². The third kappa shape index (κ3) is 14.2. The Hall–Kier alpha value is -4.13. The van der Waals surface area contributed by atoms with Crippen LogP contribution in [0.2, 0.25) is 20.1 Å². The van der Waals surface area contributed by atoms with E-state index in [1.807, 2.05) is 105 Å². The number of hydrogen-bond acceptors (Lipinski definition) is 6. The zero-order chi connectivity index (χ0) is 53.6. The number of carboxylic acid groups (broad SMARTS) is 2. The molecule has 2 fully saturated rings. The van der Waals surface area contributed by atoms with Crippen LogP contribution < -0.4 is 0 Å². The predicted molar refractivity (Wildman–Crippen MR) is 291 cm³/mol. The van der Waals surface area contributed by atoms with Crippen LogP contribution in [0.15, 0.2) is 97.1 Å². The van der Waals surface area contributed by atoms with Gasteiger partial charge in [-0.05, 0) is 128 Å². The van der Waals surface area contributed by atoms with Crippen molar-refractivity contribution in [1.29, 1.82) is 0 Å². The quantitative estimate of drug-likeness (QED) is 0.100. The highest BCUT2D eigenvalue weighted by atomic mass is 35.5. The Bertz CT molecular complexity index is 2640. The first-order valence-corrected chi connectivity index (χ1v) is 28.1. The highest BCUT2D eigenvalue weighted by Gasteiger charge is 2.55. The molecule has 0 radical (unpaired) electrons. The van der Waals surface area contributed by atoms with Crippen molar-refractivity contribution in [1.82, 2.24) is 9.80 Å². The van der Waals surface area contributed by atoms with Crippen molar-refractivity contribution in [2.45, 2.75) is 149 Å². The predicted octanol–water partition coefficient (Wildman–Crippen LogP) is 14.4. The maximum Gasteiger partial charge on any atom is 0.304 e. The molecule has 8 atom stereocenters. The minimum absolute atomic E-state index is 0.0271. The molecule has 2 unspecified atom stereocenters. The molecule has 2 N–H and O–H groups in total. The van der Waals surface area contributed by atoms with Gasteiger partial charge in [0, 0.05) is 44.0 Å². The number of carbonyl (C=O) groups excluding carboxylic acids is 2. The summed E-state index contributed by atoms with van der Waals surface area (Å²) in [5.74, 6) is -2.64. The van der Waals surface area contributed by atoms with Crippen LogP contribution in [-0.2, 0) is 29.0 Å². The molecule has 2 amide bonds. The van der Waals surface area contributed by atoms with E-state index in [2.05, 4.69) is 27.7 Å². The number of hydrogen-bond donors (Lipinski definition) is 2. The number of aliphatic carboxylic acids is 2. The highest BCUT2D eigenvalue weighted by molar-refractivity contribution is 7.92. The molecule has 0 saturated carbocycles. The summed E-state index contributed by atoms with van der Waals surface area (Å²) in [5, 5.41) is 21.2. The minimum Gasteiger partial charge on any atom is -0.481 e. The first-order valence-electron chi connectivity index (χ1n) is 24.9. The van der Waals surface area contributed by atoms with Gasteiger partial charge in [-0.25, -0.2) is 8.42 Å². The molecular formula is C57H72Cl4N2O8S. The van der Waals surface area contributed by atoms with Gasteiger partial charge in [-0.2, -0.15) is 0 Å². The second-order valence-corrected chi connectivity index (χ2v) is 26.2. The van der Waals surface area contributed by atoms with E-state index >= 15 is 0 Å². The number of sulfone groups is 1. The van der Waals surface area contributed by atoms with Crippen molar-refractivity contribution in [3.8, 4) is 0 Å². The van der Waals surface area contributed by atoms with Gasteiger partial charge in [-0.1, -0.05) is 150 Å². The fraction of sp³-hybridized carbons (Fsp3) is 0.509. The summed E-state index contributed by atoms with van der Waals surface area (Å²) in [6.45, 7) is 19.2. The molecule has 4 aromatic rings. The highest BCUT2D eigenvalue weighted by Crippen LogP contribution is 2.54. The number of carbonyl (C=O) groups is 4. The molecule has 4 aromatic carbocycles. The second-order valence-electron chi connectivity index (χ2n) is 21.9. The van der Waals surface area contributed by atoms with E-state index in [9.17, 15) is 37.8 Å². The molecule has 6 rings (SSSR count). The van der Waals surface area contributed by atoms with Crippen LogP contribution in [0.4, 0.5) is 0 Å². The van der Waals surface area contributed by atoms with E-state index in [1.54, 1.807) is 43.9 Å². The van der Waals surface area contributed by atoms with Gasteiger partial charge in [0.05, 0.1) is 46.8 Å². The van der Waals surface area contributed by atoms with Crippen molar-refractivity contribution in [3.05, 3.63) is 139 Å². The zero-order valence-electron chi connectivity index (χ0n) is 43.1. The second kappa shape index (κ2) is 24.5. The number of rotatable bonds is 18. The van der Waals surface area contributed by atoms with E-state index < -0.39 is 49.9 Å². The van der Waals surface area contributed by atoms with Gasteiger partial charge in [-0.3, -0.25) is 19.2 Å². The van der Waals surface area contributed by atoms with Crippen molar-refractivity contribution in [2.75, 3.05) is 5.75 Å². The van der Waals surface area contributed by atoms with Crippen molar-refractivity contribution in [2.24, 2.45) is 28.6 Å². The fourth-order valence-corrected chi connectivity index (χ4v) is 12.9. The standard InChI is InChI=1S/C29H37Cl2NO3.C28H35Cl2NO5S/c1-18(2)9-14-25(19(3)4)32-27(20-10-12-22(30)13-11-20)24(21-7-6-8-23(31)15-21)16-29(5,28(32)35)17-26(33)34;1-17(2)24(16-37(35,36)18(3)4)31-26(19-9-11-21(29)12-10-19)23(20-7-6-8-22(30)13-20)14-28(5,27(31)34)15-25(32)33/h6-8,10-13,15,18-19,24-25,27H,9,14,16-17H2,1-5H3,(H,33,34);6-13,17-18,23-24,26H,14-16H2,1-5H3,(H,32,33)/t24-,25-,27?,29-;23-,24-,26?,28-/m11/s1. The first-order chi connectivity index (χ1) is 33.6. The molecule has 72 heavy (non-hydrogen) atoms. The molecule has 2 aliphatic heterocycles. The van der Waals surface area contributed by atoms with Crippen LogP contribution in [0, 0.1) is 28.6 Å². The summed E-state index contributed by atoms with van der Waals surface area (Å²) in [7, 11) is -3.53. The van der Waals surface area contributed by atoms with Gasteiger partial charge < -0.3 is 20.0 Å². The summed E-state index contributed by atoms with van der Waals surface area (Å²) >= 11 is 25.2. The lowest BCUT2D eigenvalue weighted by Crippen LogP contribution is -2.59. The van der Waals surface area contributed by atoms with Crippen molar-refractivity contribution < 1.29 is 37.8 Å². The molecule has 2 aliphatic rings. The van der Waals surface area contributed by atoms with E-state index in [1.165, 1.54) is 0 Å². The number of benzene rings is 4. The third-order valence-electron chi connectivity index (χ3n) is 14.7. The van der Waals surface area contributed by atoms with E-state index in [0.717, 1.165) is 35.1 Å². The van der Waals surface area contributed by atoms with Crippen molar-refractivity contribution in [3.63, 3.8) is 0 Å². The average molecular weight is 1090 g/mol. The van der Waals surface area contributed by atoms with Gasteiger partial charge in [-0.15, -0.1) is 0 Å². The van der Waals surface area contributed by atoms with Crippen LogP contribution in [0.5, 0.6) is 0 Å². The Labute approximate surface area is 447 Å². The summed E-state index contributed by atoms with van der Waals surface area (Å²) < 4.78 is 26.3. The zero-order valence-corrected chi connectivity index (χ0v) is 47.0. The molecule has 0 bridgehead atoms. The van der Waals surface area contributed by atoms with Crippen molar-refractivity contribution >= 4 is 80.0 Å². The Morgan fingerprint density at radius 2 is 0.944 bits per heavy atom. The normalized spacial score (nSPS) is 23.6. The van der Waals surface area contributed by atoms with Gasteiger partial charge >= 0.3 is 11.9 Å². The van der Waals surface area contributed by atoms with Crippen LogP contribution in [-0.4, -0.2) is 75.3 Å². The minimum atomic E-state index is -3.53. The van der Waals surface area contributed by atoms with E-state index in [4.69, 9.17) is 46.4 Å². The summed E-state index contributed by atoms with van der Waals surface area (Å²) in [6, 6.07) is 28.5. The Balaban J connectivity index is 0.000000268. The molecule has 2 heterocycles. The maximum absolute atomic E-state index is 14.3. The Morgan fingerprint density at radius 3 is 1.26 bits per heavy atom. The van der Waals surface area contributed by atoms with Crippen LogP contribution in [0.1, 0.15) is 154 Å². The number of nitrogens with zero attached hydrogens (tertiary/aromatic N) is 2. The molecule has 0 aliphatic carbocycles. The molecule has 10 nitrogen and oxygen atoms in total. The average Bonchev–Trinajstić information content (AvgIpc) is 3.28. The molecule has 392 valence electrons. The molecule has 15 heteroatoms. The van der Waals surface area contributed by atoms with Gasteiger partial charge in [0.2, 0.25) is 11.8 Å². The fourth-order valence-electron chi connectivity index (χ4n) is 10.8. The lowest BCUT2D eigenvalue weighted by atomic mass is 9.66. The monoisotopic (exact) mass is 1080 g/mol. The van der Waals surface area contributed by atoms with Crippen LogP contribution in [0.3, 0.4) is 0 Å². The summed E-state index contributed by atoms with van der Waals surface area (Å²) in [6.07, 6.45) is 1.96. The number of piperidine rings is 2. The molecule has 0 aromatic heterocycles. The van der Waals surface area contributed by atoms with Crippen LogP contribution >= 0.6 is 46.4 Å². The molecule has 0 spiro atoms. The summed E-state index contributed by atoms with van der Waals surface area (Å²) in [4.78, 5) is 56.1. The number of carboxylic acids is 2. The van der Waals surface area contributed by atoms with E-state index in [0.29, 0.717) is 32.4 Å². The number of likely N-dealkylation sites (tertiary alicyclic amines) is 2. The lowest BCUT2D eigenvalue weighted by molar-refractivity contribution is -0.162. The Morgan fingerprint density at radius 1 is 0.569 bits per heavy atom. The smallest absolute Gasteiger partial charge is 0.304 e. The largest absolute Gasteiger partial charge is 0.481 e. The van der Waals surface area contributed by atoms with Gasteiger partial charge in [0.15, 0.2) is 9.84 Å². The maximum atomic E-state index is 14.3.